The highest BCUT2D eigenvalue weighted by molar-refractivity contribution is 5.83. The zero-order chi connectivity index (χ0) is 17.3. The van der Waals surface area contributed by atoms with Crippen molar-refractivity contribution in [3.8, 4) is 0 Å². The number of hydrogen-bond acceptors (Lipinski definition) is 5. The fraction of sp³-hybridized carbons (Fsp3) is 0.824. The third-order valence-electron chi connectivity index (χ3n) is 5.99. The van der Waals surface area contributed by atoms with Gasteiger partial charge in [0.1, 0.15) is 0 Å². The van der Waals surface area contributed by atoms with Crippen molar-refractivity contribution in [2.24, 2.45) is 28.4 Å². The molecule has 136 valence electrons. The molecule has 1 aliphatic heterocycles. The van der Waals surface area contributed by atoms with Gasteiger partial charge in [-0.25, -0.2) is 21.7 Å². The monoisotopic (exact) mass is 335 g/mol. The number of hydrazine groups is 3. The highest BCUT2D eigenvalue weighted by Crippen LogP contribution is 2.31. The van der Waals surface area contributed by atoms with E-state index in [0.717, 1.165) is 25.0 Å². The molecule has 7 heteroatoms. The molecule has 3 rings (SSSR count). The van der Waals surface area contributed by atoms with Crippen LogP contribution in [0.1, 0.15) is 58.3 Å². The Balaban J connectivity index is 1.63. The van der Waals surface area contributed by atoms with Crippen LogP contribution in [0, 0.1) is 5.92 Å². The van der Waals surface area contributed by atoms with Crippen molar-refractivity contribution in [1.29, 1.82) is 0 Å². The van der Waals surface area contributed by atoms with Crippen LogP contribution in [0.5, 0.6) is 0 Å². The standard InChI is InChI=1S/C17H33N7/c1-12-7-3-4-8-14(12)22(18)11-13(2)21-17-23(19)15-9-5-6-10-16(15)24(17)20/h12,14-16H,2-11,18-20H2,1H3/t12-,14?,15-,16?/m0/s1. The van der Waals surface area contributed by atoms with E-state index in [1.807, 2.05) is 5.01 Å². The summed E-state index contributed by atoms with van der Waals surface area (Å²) in [5, 5.41) is 5.37. The third kappa shape index (κ3) is 3.44. The average molecular weight is 336 g/mol. The van der Waals surface area contributed by atoms with Crippen LogP contribution in [0.15, 0.2) is 17.3 Å². The summed E-state index contributed by atoms with van der Waals surface area (Å²) in [4.78, 5) is 4.62. The topological polar surface area (TPSA) is 100 Å². The largest absolute Gasteiger partial charge is 0.274 e. The van der Waals surface area contributed by atoms with Gasteiger partial charge < -0.3 is 0 Å². The minimum atomic E-state index is 0.266. The van der Waals surface area contributed by atoms with Gasteiger partial charge in [0.2, 0.25) is 5.96 Å². The SMILES string of the molecule is C=C(CN(N)C1CCCC[C@@H]1C)N=C1N(N)C2CCCC[C@@H]2N1N. The van der Waals surface area contributed by atoms with Crippen LogP contribution in [0.25, 0.3) is 0 Å². The number of nitrogens with zero attached hydrogens (tertiary/aromatic N) is 4. The zero-order valence-electron chi connectivity index (χ0n) is 14.9. The summed E-state index contributed by atoms with van der Waals surface area (Å²) in [6.07, 6.45) is 9.50. The smallest absolute Gasteiger partial charge is 0.231 e. The number of aliphatic imine (C=N–C) groups is 1. The van der Waals surface area contributed by atoms with Crippen molar-refractivity contribution in [1.82, 2.24) is 15.0 Å². The zero-order valence-corrected chi connectivity index (χ0v) is 14.9. The van der Waals surface area contributed by atoms with Gasteiger partial charge in [-0.1, -0.05) is 39.2 Å². The predicted octanol–water partition coefficient (Wildman–Crippen LogP) is 1.29. The van der Waals surface area contributed by atoms with Gasteiger partial charge in [-0.3, -0.25) is 15.9 Å². The van der Waals surface area contributed by atoms with Crippen molar-refractivity contribution in [2.45, 2.75) is 76.4 Å². The molecular weight excluding hydrogens is 302 g/mol. The maximum absolute atomic E-state index is 6.31. The first-order valence-electron chi connectivity index (χ1n) is 9.34. The Kier molecular flexibility index (Phi) is 5.44. The minimum absolute atomic E-state index is 0.266. The molecule has 3 aliphatic rings. The molecule has 6 N–H and O–H groups in total. The predicted molar refractivity (Wildman–Crippen MR) is 97.0 cm³/mol. The Bertz CT molecular complexity index is 471. The number of fused-ring (bicyclic) bond motifs is 1. The molecule has 0 spiro atoms. The Morgan fingerprint density at radius 1 is 1.08 bits per heavy atom. The number of hydrogen-bond donors (Lipinski definition) is 3. The second-order valence-corrected chi connectivity index (χ2v) is 7.71. The van der Waals surface area contributed by atoms with E-state index in [0.29, 0.717) is 24.5 Å². The van der Waals surface area contributed by atoms with Crippen molar-refractivity contribution in [2.75, 3.05) is 6.54 Å². The van der Waals surface area contributed by atoms with E-state index in [1.165, 1.54) is 32.1 Å². The molecule has 3 fully saturated rings. The molecule has 2 saturated carbocycles. The summed E-state index contributed by atoms with van der Waals surface area (Å²) >= 11 is 0. The molecule has 1 saturated heterocycles. The molecule has 0 radical (unpaired) electrons. The molecule has 0 aromatic rings. The lowest BCUT2D eigenvalue weighted by atomic mass is 9.85. The van der Waals surface area contributed by atoms with E-state index in [1.54, 1.807) is 10.0 Å². The molecule has 4 atom stereocenters. The van der Waals surface area contributed by atoms with Crippen LogP contribution in [0.4, 0.5) is 0 Å². The van der Waals surface area contributed by atoms with E-state index < -0.39 is 0 Å². The van der Waals surface area contributed by atoms with Crippen LogP contribution >= 0.6 is 0 Å². The van der Waals surface area contributed by atoms with Crippen LogP contribution in [-0.4, -0.2) is 45.7 Å². The summed E-state index contributed by atoms with van der Waals surface area (Å²) in [5.74, 6) is 20.1. The summed E-state index contributed by atoms with van der Waals surface area (Å²) in [6.45, 7) is 6.92. The van der Waals surface area contributed by atoms with Gasteiger partial charge in [-0.05, 0) is 31.6 Å². The molecule has 0 amide bonds. The second kappa shape index (κ2) is 7.39. The van der Waals surface area contributed by atoms with Crippen molar-refractivity contribution in [3.63, 3.8) is 0 Å². The Morgan fingerprint density at radius 3 is 2.21 bits per heavy atom. The van der Waals surface area contributed by atoms with Gasteiger partial charge in [0.15, 0.2) is 0 Å². The van der Waals surface area contributed by atoms with E-state index in [-0.39, 0.29) is 12.1 Å². The molecular formula is C17H33N7. The van der Waals surface area contributed by atoms with Gasteiger partial charge in [0.25, 0.3) is 0 Å². The molecule has 0 aromatic heterocycles. The van der Waals surface area contributed by atoms with Crippen LogP contribution in [0.3, 0.4) is 0 Å². The van der Waals surface area contributed by atoms with Gasteiger partial charge in [-0.2, -0.15) is 0 Å². The van der Waals surface area contributed by atoms with Crippen molar-refractivity contribution >= 4 is 5.96 Å². The highest BCUT2D eigenvalue weighted by Gasteiger charge is 2.43. The Hall–Kier alpha value is -1.15. The van der Waals surface area contributed by atoms with E-state index in [2.05, 4.69) is 18.5 Å². The number of rotatable bonds is 4. The summed E-state index contributed by atoms with van der Waals surface area (Å²) in [7, 11) is 0. The molecule has 2 unspecified atom stereocenters. The van der Waals surface area contributed by atoms with Gasteiger partial charge >= 0.3 is 0 Å². The van der Waals surface area contributed by atoms with Crippen LogP contribution < -0.4 is 17.5 Å². The number of nitrogens with two attached hydrogens (primary N) is 3. The lowest BCUT2D eigenvalue weighted by molar-refractivity contribution is 0.122. The van der Waals surface area contributed by atoms with E-state index >= 15 is 0 Å². The minimum Gasteiger partial charge on any atom is -0.274 e. The molecule has 2 aliphatic carbocycles. The molecule has 0 aromatic carbocycles. The lowest BCUT2D eigenvalue weighted by Crippen LogP contribution is -2.47. The molecule has 0 bridgehead atoms. The van der Waals surface area contributed by atoms with Crippen molar-refractivity contribution < 1.29 is 0 Å². The second-order valence-electron chi connectivity index (χ2n) is 7.71. The van der Waals surface area contributed by atoms with Crippen LogP contribution in [-0.2, 0) is 0 Å². The Morgan fingerprint density at radius 2 is 1.62 bits per heavy atom. The Labute approximate surface area is 145 Å². The normalized spacial score (nSPS) is 35.6. The summed E-state index contributed by atoms with van der Waals surface area (Å²) in [5.41, 5.74) is 0.717. The fourth-order valence-corrected chi connectivity index (χ4v) is 4.58. The molecule has 1 heterocycles. The van der Waals surface area contributed by atoms with Gasteiger partial charge in [0, 0.05) is 6.04 Å². The first kappa shape index (κ1) is 17.7. The van der Waals surface area contributed by atoms with Crippen LogP contribution in [0.2, 0.25) is 0 Å². The average Bonchev–Trinajstić information content (AvgIpc) is 2.80. The molecule has 24 heavy (non-hydrogen) atoms. The summed E-state index contributed by atoms with van der Waals surface area (Å²) in [6, 6.07) is 0.940. The maximum Gasteiger partial charge on any atom is 0.231 e. The van der Waals surface area contributed by atoms with Gasteiger partial charge in [0.05, 0.1) is 24.3 Å². The first-order valence-corrected chi connectivity index (χ1v) is 9.34. The number of guanidine groups is 1. The van der Waals surface area contributed by atoms with Crippen molar-refractivity contribution in [3.05, 3.63) is 12.3 Å². The molecule has 7 nitrogen and oxygen atoms in total. The lowest BCUT2D eigenvalue weighted by Gasteiger charge is -2.35. The summed E-state index contributed by atoms with van der Waals surface area (Å²) < 4.78 is 0. The van der Waals surface area contributed by atoms with Gasteiger partial charge in [-0.15, -0.1) is 0 Å². The first-order chi connectivity index (χ1) is 11.5. The van der Waals surface area contributed by atoms with E-state index in [4.69, 9.17) is 17.5 Å². The highest BCUT2D eigenvalue weighted by atomic mass is 15.7. The van der Waals surface area contributed by atoms with E-state index in [9.17, 15) is 0 Å². The fourth-order valence-electron chi connectivity index (χ4n) is 4.58. The quantitative estimate of drug-likeness (QED) is 0.529. The maximum atomic E-state index is 6.31. The third-order valence-corrected chi connectivity index (χ3v) is 5.99.